The normalized spacial score (nSPS) is 20.2. The molecule has 4 nitrogen and oxygen atoms in total. The van der Waals surface area contributed by atoms with Crippen molar-refractivity contribution in [3.8, 4) is 11.5 Å². The molecule has 0 saturated heterocycles. The Kier molecular flexibility index (Phi) is 4.93. The molecule has 2 aromatic carbocycles. The van der Waals surface area contributed by atoms with Crippen molar-refractivity contribution in [1.29, 1.82) is 0 Å². The molecule has 2 unspecified atom stereocenters. The van der Waals surface area contributed by atoms with Gasteiger partial charge in [0.25, 0.3) is 5.91 Å². The largest absolute Gasteiger partial charge is 0.457 e. The highest BCUT2D eigenvalue weighted by Gasteiger charge is 2.27. The minimum atomic E-state index is -0.0402. The number of nitrogens with one attached hydrogen (secondary N) is 1. The predicted molar refractivity (Wildman–Crippen MR) is 90.6 cm³/mol. The third kappa shape index (κ3) is 3.90. The first-order valence-electron chi connectivity index (χ1n) is 8.10. The van der Waals surface area contributed by atoms with Gasteiger partial charge in [0.05, 0.1) is 0 Å². The molecule has 1 saturated carbocycles. The third-order valence-corrected chi connectivity index (χ3v) is 4.37. The summed E-state index contributed by atoms with van der Waals surface area (Å²) in [5.41, 5.74) is 6.41. The van der Waals surface area contributed by atoms with Crippen LogP contribution in [0.3, 0.4) is 0 Å². The molecule has 2 atom stereocenters. The maximum atomic E-state index is 12.3. The molecule has 0 radical (unpaired) electrons. The van der Waals surface area contributed by atoms with Gasteiger partial charge in [-0.2, -0.15) is 0 Å². The fourth-order valence-electron chi connectivity index (χ4n) is 3.06. The SMILES string of the molecule is NCC1CCCC1NC(=O)c1ccc(Oc2ccccc2)cc1. The summed E-state index contributed by atoms with van der Waals surface area (Å²) >= 11 is 0. The second kappa shape index (κ2) is 7.29. The first-order chi connectivity index (χ1) is 11.3. The van der Waals surface area contributed by atoms with E-state index in [9.17, 15) is 4.79 Å². The quantitative estimate of drug-likeness (QED) is 0.890. The van der Waals surface area contributed by atoms with Crippen LogP contribution in [0.5, 0.6) is 11.5 Å². The van der Waals surface area contributed by atoms with E-state index in [1.807, 2.05) is 42.5 Å². The van der Waals surface area contributed by atoms with Crippen molar-refractivity contribution < 1.29 is 9.53 Å². The molecule has 2 aromatic rings. The molecule has 0 bridgehead atoms. The Hall–Kier alpha value is -2.33. The van der Waals surface area contributed by atoms with Gasteiger partial charge in [-0.1, -0.05) is 24.6 Å². The lowest BCUT2D eigenvalue weighted by Gasteiger charge is -2.19. The van der Waals surface area contributed by atoms with Crippen LogP contribution in [0.4, 0.5) is 0 Å². The topological polar surface area (TPSA) is 64.3 Å². The van der Waals surface area contributed by atoms with E-state index in [0.717, 1.165) is 25.0 Å². The van der Waals surface area contributed by atoms with Gasteiger partial charge in [0.1, 0.15) is 11.5 Å². The number of benzene rings is 2. The van der Waals surface area contributed by atoms with E-state index in [-0.39, 0.29) is 11.9 Å². The number of carbonyl (C=O) groups is 1. The fraction of sp³-hybridized carbons (Fsp3) is 0.316. The van der Waals surface area contributed by atoms with Crippen molar-refractivity contribution in [1.82, 2.24) is 5.32 Å². The molecule has 1 aliphatic carbocycles. The van der Waals surface area contributed by atoms with Crippen molar-refractivity contribution in [3.63, 3.8) is 0 Å². The molecule has 0 aliphatic heterocycles. The van der Waals surface area contributed by atoms with E-state index in [2.05, 4.69) is 5.32 Å². The maximum absolute atomic E-state index is 12.3. The van der Waals surface area contributed by atoms with Gasteiger partial charge < -0.3 is 15.8 Å². The van der Waals surface area contributed by atoms with E-state index in [4.69, 9.17) is 10.5 Å². The number of nitrogens with two attached hydrogens (primary N) is 1. The number of amides is 1. The molecule has 1 amide bonds. The first-order valence-corrected chi connectivity index (χ1v) is 8.10. The third-order valence-electron chi connectivity index (χ3n) is 4.37. The summed E-state index contributed by atoms with van der Waals surface area (Å²) < 4.78 is 5.73. The summed E-state index contributed by atoms with van der Waals surface area (Å²) in [7, 11) is 0. The van der Waals surface area contributed by atoms with Gasteiger partial charge in [-0.15, -0.1) is 0 Å². The number of carbonyl (C=O) groups excluding carboxylic acids is 1. The highest BCUT2D eigenvalue weighted by molar-refractivity contribution is 5.94. The first kappa shape index (κ1) is 15.6. The Morgan fingerprint density at radius 3 is 2.43 bits per heavy atom. The van der Waals surface area contributed by atoms with Gasteiger partial charge in [-0.25, -0.2) is 0 Å². The lowest BCUT2D eigenvalue weighted by Crippen LogP contribution is -2.39. The Morgan fingerprint density at radius 2 is 1.74 bits per heavy atom. The Balaban J connectivity index is 1.61. The predicted octanol–water partition coefficient (Wildman–Crippen LogP) is 3.34. The summed E-state index contributed by atoms with van der Waals surface area (Å²) in [4.78, 5) is 12.3. The minimum absolute atomic E-state index is 0.0402. The Morgan fingerprint density at radius 1 is 1.04 bits per heavy atom. The number of ether oxygens (including phenoxy) is 1. The van der Waals surface area contributed by atoms with Gasteiger partial charge in [-0.05, 0) is 61.7 Å². The zero-order valence-electron chi connectivity index (χ0n) is 13.1. The maximum Gasteiger partial charge on any atom is 0.251 e. The van der Waals surface area contributed by atoms with Crippen molar-refractivity contribution in [3.05, 3.63) is 60.2 Å². The highest BCUT2D eigenvalue weighted by Crippen LogP contribution is 2.25. The molecule has 1 fully saturated rings. The summed E-state index contributed by atoms with van der Waals surface area (Å²) in [5.74, 6) is 1.86. The van der Waals surface area contributed by atoms with Crippen LogP contribution in [0.25, 0.3) is 0 Å². The minimum Gasteiger partial charge on any atom is -0.457 e. The molecule has 0 heterocycles. The van der Waals surface area contributed by atoms with Gasteiger partial charge >= 0.3 is 0 Å². The molecule has 3 N–H and O–H groups in total. The molecular formula is C19H22N2O2. The molecule has 1 aliphatic rings. The Bertz CT molecular complexity index is 640. The average Bonchev–Trinajstić information content (AvgIpc) is 3.03. The molecule has 120 valence electrons. The van der Waals surface area contributed by atoms with Crippen LogP contribution in [0, 0.1) is 5.92 Å². The monoisotopic (exact) mass is 310 g/mol. The smallest absolute Gasteiger partial charge is 0.251 e. The number of hydrogen-bond acceptors (Lipinski definition) is 3. The summed E-state index contributed by atoms with van der Waals surface area (Å²) in [6.07, 6.45) is 3.25. The number of para-hydroxylation sites is 1. The van der Waals surface area contributed by atoms with E-state index in [0.29, 0.717) is 23.8 Å². The van der Waals surface area contributed by atoms with Crippen LogP contribution in [-0.2, 0) is 0 Å². The van der Waals surface area contributed by atoms with Crippen molar-refractivity contribution in [2.75, 3.05) is 6.54 Å². The van der Waals surface area contributed by atoms with E-state index < -0.39 is 0 Å². The van der Waals surface area contributed by atoms with E-state index in [1.54, 1.807) is 12.1 Å². The van der Waals surface area contributed by atoms with Crippen LogP contribution in [0.1, 0.15) is 29.6 Å². The van der Waals surface area contributed by atoms with Crippen LogP contribution in [0.2, 0.25) is 0 Å². The average molecular weight is 310 g/mol. The van der Waals surface area contributed by atoms with E-state index in [1.165, 1.54) is 0 Å². The second-order valence-electron chi connectivity index (χ2n) is 5.95. The molecule has 0 aromatic heterocycles. The van der Waals surface area contributed by atoms with Crippen LogP contribution in [-0.4, -0.2) is 18.5 Å². The summed E-state index contributed by atoms with van der Waals surface area (Å²) in [6.45, 7) is 0.634. The summed E-state index contributed by atoms with van der Waals surface area (Å²) in [5, 5.41) is 3.11. The molecule has 3 rings (SSSR count). The zero-order valence-corrected chi connectivity index (χ0v) is 13.1. The lowest BCUT2D eigenvalue weighted by atomic mass is 10.0. The van der Waals surface area contributed by atoms with Gasteiger partial charge in [0, 0.05) is 11.6 Å². The second-order valence-corrected chi connectivity index (χ2v) is 5.95. The van der Waals surface area contributed by atoms with Crippen molar-refractivity contribution in [2.45, 2.75) is 25.3 Å². The molecule has 0 spiro atoms. The van der Waals surface area contributed by atoms with Crippen molar-refractivity contribution >= 4 is 5.91 Å². The fourth-order valence-corrected chi connectivity index (χ4v) is 3.06. The van der Waals surface area contributed by atoms with Crippen LogP contribution < -0.4 is 15.8 Å². The number of rotatable bonds is 5. The molecule has 4 heteroatoms. The zero-order chi connectivity index (χ0) is 16.1. The summed E-state index contributed by atoms with van der Waals surface area (Å²) in [6, 6.07) is 17.0. The Labute approximate surface area is 136 Å². The van der Waals surface area contributed by atoms with Crippen LogP contribution >= 0.6 is 0 Å². The van der Waals surface area contributed by atoms with Gasteiger partial charge in [0.15, 0.2) is 0 Å². The number of hydrogen-bond donors (Lipinski definition) is 2. The molecular weight excluding hydrogens is 288 g/mol. The highest BCUT2D eigenvalue weighted by atomic mass is 16.5. The molecule has 23 heavy (non-hydrogen) atoms. The van der Waals surface area contributed by atoms with E-state index >= 15 is 0 Å². The standard InChI is InChI=1S/C19H22N2O2/c20-13-15-5-4-8-18(15)21-19(22)14-9-11-17(12-10-14)23-16-6-2-1-3-7-16/h1-3,6-7,9-12,15,18H,4-5,8,13,20H2,(H,21,22). The van der Waals surface area contributed by atoms with Gasteiger partial charge in [-0.3, -0.25) is 4.79 Å². The van der Waals surface area contributed by atoms with Gasteiger partial charge in [0.2, 0.25) is 0 Å². The lowest BCUT2D eigenvalue weighted by molar-refractivity contribution is 0.0929. The van der Waals surface area contributed by atoms with Crippen molar-refractivity contribution in [2.24, 2.45) is 11.7 Å². The van der Waals surface area contributed by atoms with Crippen LogP contribution in [0.15, 0.2) is 54.6 Å².